The molecule has 2 aromatic carbocycles. The van der Waals surface area contributed by atoms with Gasteiger partial charge in [0, 0.05) is 20.1 Å². The summed E-state index contributed by atoms with van der Waals surface area (Å²) in [6.07, 6.45) is 0. The summed E-state index contributed by atoms with van der Waals surface area (Å²) >= 11 is 7.31. The van der Waals surface area contributed by atoms with Gasteiger partial charge >= 0.3 is 0 Å². The molecule has 0 nitrogen and oxygen atoms in total. The summed E-state index contributed by atoms with van der Waals surface area (Å²) in [5.74, 6) is 6.56. The van der Waals surface area contributed by atoms with Crippen LogP contribution in [0.1, 0.15) is 63.8 Å². The molecule has 0 fully saturated rings. The minimum absolute atomic E-state index is 0.139. The fourth-order valence-electron chi connectivity index (χ4n) is 2.30. The minimum Gasteiger partial charge on any atom is -0.0604 e. The first kappa shape index (κ1) is 19.3. The third-order valence-electron chi connectivity index (χ3n) is 4.00. The van der Waals surface area contributed by atoms with Crippen LogP contribution in [0.4, 0.5) is 0 Å². The molecule has 0 aliphatic rings. The first-order chi connectivity index (χ1) is 11.0. The highest BCUT2D eigenvalue weighted by molar-refractivity contribution is 9.10. The normalized spacial score (nSPS) is 11.8. The highest BCUT2D eigenvalue weighted by atomic mass is 79.9. The van der Waals surface area contributed by atoms with Crippen molar-refractivity contribution >= 4 is 31.9 Å². The lowest BCUT2D eigenvalue weighted by molar-refractivity contribution is 0.589. The fourth-order valence-corrected chi connectivity index (χ4v) is 3.26. The van der Waals surface area contributed by atoms with Gasteiger partial charge in [-0.25, -0.2) is 0 Å². The van der Waals surface area contributed by atoms with Crippen molar-refractivity contribution in [3.63, 3.8) is 0 Å². The lowest BCUT2D eigenvalue weighted by atomic mass is 9.86. The Balaban J connectivity index is 2.34. The first-order valence-electron chi connectivity index (χ1n) is 8.10. The zero-order chi connectivity index (χ0) is 18.1. The van der Waals surface area contributed by atoms with Crippen LogP contribution in [0.25, 0.3) is 0 Å². The van der Waals surface area contributed by atoms with Crippen LogP contribution in [0.3, 0.4) is 0 Å². The van der Waals surface area contributed by atoms with Crippen LogP contribution in [0.15, 0.2) is 45.3 Å². The van der Waals surface area contributed by atoms with Crippen molar-refractivity contribution in [3.05, 3.63) is 67.6 Å². The van der Waals surface area contributed by atoms with Gasteiger partial charge in [0.2, 0.25) is 0 Å². The summed E-state index contributed by atoms with van der Waals surface area (Å²) in [6, 6.07) is 12.8. The standard InChI is InChI=1S/C22H24Br2/c1-21(2,3)17-11-9-15(19(23)13-17)7-8-16-10-12-18(14-20(16)24)22(4,5)6/h9-14H,1-6H3. The molecule has 0 aliphatic heterocycles. The van der Waals surface area contributed by atoms with Gasteiger partial charge in [0.15, 0.2) is 0 Å². The van der Waals surface area contributed by atoms with Crippen LogP contribution in [0, 0.1) is 11.8 Å². The number of hydrogen-bond donors (Lipinski definition) is 0. The van der Waals surface area contributed by atoms with Gasteiger partial charge in [-0.3, -0.25) is 0 Å². The van der Waals surface area contributed by atoms with Crippen molar-refractivity contribution in [1.82, 2.24) is 0 Å². The van der Waals surface area contributed by atoms with Crippen LogP contribution in [0.2, 0.25) is 0 Å². The molecule has 0 aliphatic carbocycles. The van der Waals surface area contributed by atoms with E-state index >= 15 is 0 Å². The molecule has 0 heterocycles. The van der Waals surface area contributed by atoms with E-state index in [9.17, 15) is 0 Å². The Hall–Kier alpha value is -1.04. The molecule has 0 bridgehead atoms. The van der Waals surface area contributed by atoms with Crippen molar-refractivity contribution in [2.75, 3.05) is 0 Å². The van der Waals surface area contributed by atoms with E-state index in [0.717, 1.165) is 20.1 Å². The van der Waals surface area contributed by atoms with Crippen LogP contribution < -0.4 is 0 Å². The van der Waals surface area contributed by atoms with Crippen LogP contribution >= 0.6 is 31.9 Å². The second-order valence-electron chi connectivity index (χ2n) is 8.14. The summed E-state index contributed by atoms with van der Waals surface area (Å²) < 4.78 is 2.09. The first-order valence-corrected chi connectivity index (χ1v) is 9.69. The van der Waals surface area contributed by atoms with Gasteiger partial charge in [-0.05, 0) is 78.1 Å². The highest BCUT2D eigenvalue weighted by Crippen LogP contribution is 2.28. The number of benzene rings is 2. The number of hydrogen-bond acceptors (Lipinski definition) is 0. The van der Waals surface area contributed by atoms with Crippen molar-refractivity contribution in [2.24, 2.45) is 0 Å². The Kier molecular flexibility index (Phi) is 5.68. The van der Waals surface area contributed by atoms with Crippen LogP contribution in [-0.4, -0.2) is 0 Å². The third-order valence-corrected chi connectivity index (χ3v) is 5.31. The maximum Gasteiger partial charge on any atom is 0.0391 e. The molecule has 0 saturated carbocycles. The Labute approximate surface area is 163 Å². The van der Waals surface area contributed by atoms with Gasteiger partial charge in [-0.1, -0.05) is 65.5 Å². The van der Waals surface area contributed by atoms with Crippen LogP contribution in [0.5, 0.6) is 0 Å². The molecule has 2 aromatic rings. The van der Waals surface area contributed by atoms with E-state index in [1.807, 2.05) is 0 Å². The van der Waals surface area contributed by atoms with Gasteiger partial charge in [-0.15, -0.1) is 0 Å². The molecule has 2 rings (SSSR count). The summed E-state index contributed by atoms with van der Waals surface area (Å²) in [5.41, 5.74) is 4.90. The molecule has 24 heavy (non-hydrogen) atoms. The molecule has 0 spiro atoms. The topological polar surface area (TPSA) is 0 Å². The lowest BCUT2D eigenvalue weighted by Gasteiger charge is -2.19. The smallest absolute Gasteiger partial charge is 0.0391 e. The zero-order valence-electron chi connectivity index (χ0n) is 15.2. The third kappa shape index (κ3) is 4.74. The van der Waals surface area contributed by atoms with Crippen molar-refractivity contribution in [1.29, 1.82) is 0 Å². The molecule has 0 amide bonds. The second-order valence-corrected chi connectivity index (χ2v) is 9.85. The van der Waals surface area contributed by atoms with E-state index in [1.165, 1.54) is 11.1 Å². The predicted octanol–water partition coefficient (Wildman–Crippen LogP) is 7.21. The van der Waals surface area contributed by atoms with Gasteiger partial charge in [-0.2, -0.15) is 0 Å². The fraction of sp³-hybridized carbons (Fsp3) is 0.364. The average molecular weight is 448 g/mol. The van der Waals surface area contributed by atoms with Gasteiger partial charge < -0.3 is 0 Å². The predicted molar refractivity (Wildman–Crippen MR) is 112 cm³/mol. The molecule has 0 unspecified atom stereocenters. The summed E-state index contributed by atoms with van der Waals surface area (Å²) in [7, 11) is 0. The zero-order valence-corrected chi connectivity index (χ0v) is 18.4. The quantitative estimate of drug-likeness (QED) is 0.374. The van der Waals surface area contributed by atoms with Gasteiger partial charge in [0.25, 0.3) is 0 Å². The van der Waals surface area contributed by atoms with E-state index in [4.69, 9.17) is 0 Å². The Morgan fingerprint density at radius 1 is 0.625 bits per heavy atom. The van der Waals surface area contributed by atoms with Gasteiger partial charge in [0.1, 0.15) is 0 Å². The average Bonchev–Trinajstić information content (AvgIpc) is 2.45. The Morgan fingerprint density at radius 2 is 0.958 bits per heavy atom. The molecule has 0 N–H and O–H groups in total. The number of rotatable bonds is 0. The van der Waals surface area contributed by atoms with Crippen molar-refractivity contribution in [3.8, 4) is 11.8 Å². The molecular weight excluding hydrogens is 424 g/mol. The maximum absolute atomic E-state index is 3.66. The monoisotopic (exact) mass is 446 g/mol. The molecule has 0 saturated heterocycles. The SMILES string of the molecule is CC(C)(C)c1ccc(C#Cc2ccc(C(C)(C)C)cc2Br)c(Br)c1. The van der Waals surface area contributed by atoms with Gasteiger partial charge in [0.05, 0.1) is 0 Å². The van der Waals surface area contributed by atoms with E-state index in [2.05, 4.69) is 122 Å². The molecule has 0 atom stereocenters. The highest BCUT2D eigenvalue weighted by Gasteiger charge is 2.15. The van der Waals surface area contributed by atoms with Crippen LogP contribution in [-0.2, 0) is 10.8 Å². The Morgan fingerprint density at radius 3 is 1.21 bits per heavy atom. The number of halogens is 2. The van der Waals surface area contributed by atoms with Crippen molar-refractivity contribution < 1.29 is 0 Å². The minimum atomic E-state index is 0.139. The van der Waals surface area contributed by atoms with E-state index in [0.29, 0.717) is 0 Å². The molecule has 126 valence electrons. The maximum atomic E-state index is 3.66. The molecule has 0 aromatic heterocycles. The van der Waals surface area contributed by atoms with E-state index in [-0.39, 0.29) is 10.8 Å². The molecular formula is C22H24Br2. The second kappa shape index (κ2) is 7.06. The van der Waals surface area contributed by atoms with E-state index in [1.54, 1.807) is 0 Å². The summed E-state index contributed by atoms with van der Waals surface area (Å²) in [5, 5.41) is 0. The lowest BCUT2D eigenvalue weighted by Crippen LogP contribution is -2.11. The van der Waals surface area contributed by atoms with E-state index < -0.39 is 0 Å². The Bertz CT molecular complexity index is 739. The largest absolute Gasteiger partial charge is 0.0604 e. The van der Waals surface area contributed by atoms with Crippen molar-refractivity contribution in [2.45, 2.75) is 52.4 Å². The summed E-state index contributed by atoms with van der Waals surface area (Å²) in [4.78, 5) is 0. The molecule has 2 heteroatoms. The summed E-state index contributed by atoms with van der Waals surface area (Å²) in [6.45, 7) is 13.3. The molecule has 0 radical (unpaired) electrons.